The molecule has 0 saturated heterocycles. The van der Waals surface area contributed by atoms with Gasteiger partial charge >= 0.3 is 7.69 Å². The number of para-hydroxylation sites is 1. The molecular formula is C27H21BNO2. The van der Waals surface area contributed by atoms with Crippen LogP contribution in [0.3, 0.4) is 0 Å². The van der Waals surface area contributed by atoms with Crippen LogP contribution in [0.1, 0.15) is 25.0 Å². The van der Waals surface area contributed by atoms with E-state index in [4.69, 9.17) is 9.68 Å². The fraction of sp³-hybridized carbons (Fsp3) is 0.111. The highest BCUT2D eigenvalue weighted by Gasteiger charge is 2.38. The summed E-state index contributed by atoms with van der Waals surface area (Å²) in [5.41, 5.74) is 8.77. The third-order valence-electron chi connectivity index (χ3n) is 6.64. The van der Waals surface area contributed by atoms with Gasteiger partial charge in [-0.2, -0.15) is 0 Å². The molecule has 0 atom stereocenters. The Hall–Kier alpha value is -3.50. The lowest BCUT2D eigenvalue weighted by molar-refractivity contribution is 0.454. The molecule has 0 saturated carbocycles. The Kier molecular flexibility index (Phi) is 3.83. The van der Waals surface area contributed by atoms with E-state index in [1.54, 1.807) is 0 Å². The molecule has 1 aliphatic carbocycles. The second kappa shape index (κ2) is 6.50. The normalized spacial score (nSPS) is 13.9. The molecule has 1 heterocycles. The molecule has 1 N–H and O–H groups in total. The van der Waals surface area contributed by atoms with E-state index in [-0.39, 0.29) is 5.41 Å². The van der Waals surface area contributed by atoms with E-state index in [1.165, 1.54) is 44.1 Å². The summed E-state index contributed by atoms with van der Waals surface area (Å²) in [5.74, 6) is 0.602. The molecule has 1 aromatic heterocycles. The zero-order chi connectivity index (χ0) is 21.2. The van der Waals surface area contributed by atoms with Gasteiger partial charge in [0.1, 0.15) is 5.75 Å². The molecule has 0 fully saturated rings. The summed E-state index contributed by atoms with van der Waals surface area (Å²) in [4.78, 5) is 0. The highest BCUT2D eigenvalue weighted by Crippen LogP contribution is 2.52. The van der Waals surface area contributed by atoms with Gasteiger partial charge in [0.05, 0.1) is 11.0 Å². The van der Waals surface area contributed by atoms with E-state index >= 15 is 0 Å². The van der Waals surface area contributed by atoms with Crippen LogP contribution in [0.2, 0.25) is 0 Å². The van der Waals surface area contributed by atoms with E-state index in [1.807, 2.05) is 24.3 Å². The van der Waals surface area contributed by atoms with Crippen molar-refractivity contribution >= 4 is 29.5 Å². The molecule has 0 unspecified atom stereocenters. The highest BCUT2D eigenvalue weighted by atomic mass is 16.5. The zero-order valence-corrected chi connectivity index (χ0v) is 17.5. The van der Waals surface area contributed by atoms with Crippen molar-refractivity contribution in [3.8, 4) is 22.6 Å². The molecule has 5 aromatic rings. The molecule has 1 aliphatic rings. The summed E-state index contributed by atoms with van der Waals surface area (Å²) < 4.78 is 7.49. The molecule has 0 bridgehead atoms. The van der Waals surface area contributed by atoms with Crippen LogP contribution < -0.4 is 4.65 Å². The molecule has 4 aromatic carbocycles. The van der Waals surface area contributed by atoms with Crippen molar-refractivity contribution in [2.24, 2.45) is 0 Å². The lowest BCUT2D eigenvalue weighted by atomic mass is 9.81. The lowest BCUT2D eigenvalue weighted by Gasteiger charge is -2.23. The first kappa shape index (κ1) is 18.3. The monoisotopic (exact) mass is 402 g/mol. The Morgan fingerprint density at radius 1 is 0.774 bits per heavy atom. The predicted octanol–water partition coefficient (Wildman–Crippen LogP) is 6.00. The van der Waals surface area contributed by atoms with E-state index in [9.17, 15) is 0 Å². The van der Waals surface area contributed by atoms with Gasteiger partial charge in [-0.3, -0.25) is 0 Å². The number of nitrogens with zero attached hydrogens (tertiary/aromatic N) is 1. The smallest absolute Gasteiger partial charge is 0.537 e. The van der Waals surface area contributed by atoms with Gasteiger partial charge in [0.15, 0.2) is 0 Å². The lowest BCUT2D eigenvalue weighted by Crippen LogP contribution is -2.16. The van der Waals surface area contributed by atoms with Crippen LogP contribution in [0.25, 0.3) is 38.6 Å². The van der Waals surface area contributed by atoms with Gasteiger partial charge < -0.3 is 14.2 Å². The summed E-state index contributed by atoms with van der Waals surface area (Å²) in [6.07, 6.45) is 0. The number of rotatable bonds is 3. The number of fused-ring (bicyclic) bond motifs is 7. The van der Waals surface area contributed by atoms with Crippen LogP contribution in [-0.2, 0) is 5.41 Å². The largest absolute Gasteiger partial charge is 0.569 e. The predicted molar refractivity (Wildman–Crippen MR) is 127 cm³/mol. The molecule has 1 radical (unpaired) electrons. The topological polar surface area (TPSA) is 34.4 Å². The SMILES string of the molecule is CC1(C)c2ccccc2-c2ccc3c4ccccc4n(-c4ccc(O[B]O)cc4)c3c21. The second-order valence-corrected chi connectivity index (χ2v) is 8.62. The van der Waals surface area contributed by atoms with Gasteiger partial charge in [-0.25, -0.2) is 0 Å². The number of benzene rings is 4. The first-order valence-corrected chi connectivity index (χ1v) is 10.5. The second-order valence-electron chi connectivity index (χ2n) is 8.62. The van der Waals surface area contributed by atoms with Crippen molar-refractivity contribution in [1.29, 1.82) is 0 Å². The van der Waals surface area contributed by atoms with Gasteiger partial charge in [-0.15, -0.1) is 0 Å². The van der Waals surface area contributed by atoms with Gasteiger partial charge in [0.25, 0.3) is 0 Å². The van der Waals surface area contributed by atoms with Crippen molar-refractivity contribution in [1.82, 2.24) is 4.57 Å². The van der Waals surface area contributed by atoms with Crippen molar-refractivity contribution in [3.05, 3.63) is 96.1 Å². The Morgan fingerprint density at radius 3 is 2.32 bits per heavy atom. The van der Waals surface area contributed by atoms with Crippen LogP contribution >= 0.6 is 0 Å². The van der Waals surface area contributed by atoms with Crippen LogP contribution in [0, 0.1) is 0 Å². The summed E-state index contributed by atoms with van der Waals surface area (Å²) in [6, 6.07) is 29.7. The molecule has 3 nitrogen and oxygen atoms in total. The molecule has 4 heteroatoms. The van der Waals surface area contributed by atoms with Gasteiger partial charge in [-0.1, -0.05) is 68.4 Å². The minimum atomic E-state index is -0.105. The van der Waals surface area contributed by atoms with Crippen molar-refractivity contribution in [2.75, 3.05) is 0 Å². The van der Waals surface area contributed by atoms with Crippen LogP contribution in [0.4, 0.5) is 0 Å². The maximum absolute atomic E-state index is 8.95. The van der Waals surface area contributed by atoms with Crippen molar-refractivity contribution in [3.63, 3.8) is 0 Å². The Bertz CT molecular complexity index is 1460. The third-order valence-corrected chi connectivity index (χ3v) is 6.64. The minimum absolute atomic E-state index is 0.105. The Labute approximate surface area is 181 Å². The number of hydrogen-bond donors (Lipinski definition) is 1. The third kappa shape index (κ3) is 2.46. The molecule has 0 amide bonds. The van der Waals surface area contributed by atoms with E-state index in [2.05, 4.69) is 79.1 Å². The van der Waals surface area contributed by atoms with Gasteiger partial charge in [0, 0.05) is 21.9 Å². The first-order chi connectivity index (χ1) is 15.1. The average molecular weight is 402 g/mol. The molecule has 6 rings (SSSR count). The molecule has 149 valence electrons. The van der Waals surface area contributed by atoms with E-state index < -0.39 is 0 Å². The van der Waals surface area contributed by atoms with Gasteiger partial charge in [0.2, 0.25) is 0 Å². The quantitative estimate of drug-likeness (QED) is 0.376. The maximum Gasteiger partial charge on any atom is 0.569 e. The number of aromatic nitrogens is 1. The fourth-order valence-corrected chi connectivity index (χ4v) is 5.32. The molecule has 31 heavy (non-hydrogen) atoms. The molecule has 0 aliphatic heterocycles. The summed E-state index contributed by atoms with van der Waals surface area (Å²) in [7, 11) is 0.710. The Morgan fingerprint density at radius 2 is 1.52 bits per heavy atom. The number of hydrogen-bond acceptors (Lipinski definition) is 2. The minimum Gasteiger partial charge on any atom is -0.537 e. The van der Waals surface area contributed by atoms with Crippen LogP contribution in [0.15, 0.2) is 84.9 Å². The molecule has 0 spiro atoms. The summed E-state index contributed by atoms with van der Waals surface area (Å²) >= 11 is 0. The highest BCUT2D eigenvalue weighted by molar-refractivity contribution is 6.17. The first-order valence-electron chi connectivity index (χ1n) is 10.5. The summed E-state index contributed by atoms with van der Waals surface area (Å²) in [6.45, 7) is 4.65. The maximum atomic E-state index is 8.95. The molecular weight excluding hydrogens is 381 g/mol. The zero-order valence-electron chi connectivity index (χ0n) is 17.5. The van der Waals surface area contributed by atoms with Crippen LogP contribution in [0.5, 0.6) is 5.75 Å². The van der Waals surface area contributed by atoms with Gasteiger partial charge in [-0.05, 0) is 52.6 Å². The van der Waals surface area contributed by atoms with E-state index in [0.29, 0.717) is 13.4 Å². The fourth-order valence-electron chi connectivity index (χ4n) is 5.32. The van der Waals surface area contributed by atoms with Crippen molar-refractivity contribution in [2.45, 2.75) is 19.3 Å². The van der Waals surface area contributed by atoms with Crippen LogP contribution in [-0.4, -0.2) is 17.3 Å². The standard InChI is InChI=1S/C27H21BNO2/c1-27(2)23-9-5-3-7-19(23)21-15-16-22-20-8-4-6-10-24(20)29(26(22)25(21)27)17-11-13-18(14-12-17)31-28-30/h3-16,30H,1-2H3. The van der Waals surface area contributed by atoms with E-state index in [0.717, 1.165) is 5.69 Å². The Balaban J connectivity index is 1.74. The summed E-state index contributed by atoms with van der Waals surface area (Å²) in [5, 5.41) is 11.5. The average Bonchev–Trinajstić information content (AvgIpc) is 3.25. The van der Waals surface area contributed by atoms with Crippen molar-refractivity contribution < 1.29 is 9.68 Å².